The molecular formula is C23H30N2O7S. The van der Waals surface area contributed by atoms with Crippen molar-refractivity contribution < 1.29 is 28.3 Å². The third kappa shape index (κ3) is 5.82. The zero-order valence-corrected chi connectivity index (χ0v) is 19.5. The van der Waals surface area contributed by atoms with E-state index in [0.29, 0.717) is 5.56 Å². The van der Waals surface area contributed by atoms with E-state index in [1.165, 1.54) is 23.0 Å². The second-order valence-electron chi connectivity index (χ2n) is 8.71. The monoisotopic (exact) mass is 478 g/mol. The number of nitrogens with one attached hydrogen (secondary N) is 1. The van der Waals surface area contributed by atoms with E-state index in [-0.39, 0.29) is 30.7 Å². The van der Waals surface area contributed by atoms with Crippen molar-refractivity contribution in [2.24, 2.45) is 0 Å². The van der Waals surface area contributed by atoms with Gasteiger partial charge in [-0.05, 0) is 68.4 Å². The lowest BCUT2D eigenvalue weighted by Gasteiger charge is -2.26. The molecule has 1 unspecified atom stereocenters. The molecule has 2 aromatic rings. The summed E-state index contributed by atoms with van der Waals surface area (Å²) in [5.74, 6) is -0.308. The number of pyridine rings is 1. The summed E-state index contributed by atoms with van der Waals surface area (Å²) in [6, 6.07) is 10.6. The third-order valence-electron chi connectivity index (χ3n) is 6.36. The average Bonchev–Trinajstić information content (AvgIpc) is 2.78. The van der Waals surface area contributed by atoms with Crippen LogP contribution in [0.15, 0.2) is 47.4 Å². The summed E-state index contributed by atoms with van der Waals surface area (Å²) < 4.78 is 29.6. The molecule has 0 spiro atoms. The van der Waals surface area contributed by atoms with Crippen molar-refractivity contribution >= 4 is 15.7 Å². The van der Waals surface area contributed by atoms with Gasteiger partial charge in [0, 0.05) is 25.1 Å². The summed E-state index contributed by atoms with van der Waals surface area (Å²) in [5.41, 5.74) is 2.58. The lowest BCUT2D eigenvalue weighted by atomic mass is 9.95. The van der Waals surface area contributed by atoms with E-state index < -0.39 is 20.5 Å². The van der Waals surface area contributed by atoms with Crippen LogP contribution in [0.3, 0.4) is 0 Å². The minimum Gasteiger partial charge on any atom is -0.490 e. The van der Waals surface area contributed by atoms with Gasteiger partial charge in [-0.1, -0.05) is 12.1 Å². The van der Waals surface area contributed by atoms with Gasteiger partial charge < -0.3 is 14.4 Å². The molecule has 33 heavy (non-hydrogen) atoms. The maximum atomic E-state index is 12.6. The summed E-state index contributed by atoms with van der Waals surface area (Å²) in [4.78, 5) is 24.5. The van der Waals surface area contributed by atoms with Crippen LogP contribution in [0.2, 0.25) is 0 Å². The fraction of sp³-hybridized carbons (Fsp3) is 0.478. The number of aryl methyl sites for hydroxylation is 1. The molecule has 180 valence electrons. The Morgan fingerprint density at radius 3 is 2.33 bits per heavy atom. The molecule has 1 aromatic heterocycles. The second kappa shape index (κ2) is 10.1. The number of rotatable bonds is 8. The average molecular weight is 479 g/mol. The predicted molar refractivity (Wildman–Crippen MR) is 123 cm³/mol. The highest BCUT2D eigenvalue weighted by Crippen LogP contribution is 2.26. The van der Waals surface area contributed by atoms with E-state index in [0.717, 1.165) is 43.3 Å². The summed E-state index contributed by atoms with van der Waals surface area (Å²) in [6.45, 7) is 1.20. The molecule has 9 nitrogen and oxygen atoms in total. The van der Waals surface area contributed by atoms with E-state index in [1.54, 1.807) is 12.3 Å². The number of ether oxygens (including phenoxy) is 1. The molecular weight excluding hydrogens is 448 g/mol. The van der Waals surface area contributed by atoms with E-state index in [9.17, 15) is 23.1 Å². The molecule has 1 aliphatic carbocycles. The van der Waals surface area contributed by atoms with Crippen LogP contribution < -0.4 is 15.8 Å². The molecule has 1 aliphatic rings. The Morgan fingerprint density at radius 2 is 1.79 bits per heavy atom. The third-order valence-corrected chi connectivity index (χ3v) is 8.39. The fourth-order valence-electron chi connectivity index (χ4n) is 3.87. The summed E-state index contributed by atoms with van der Waals surface area (Å²) in [7, 11) is -3.84. The molecule has 0 saturated heterocycles. The Morgan fingerprint density at radius 1 is 1.15 bits per heavy atom. The fourth-order valence-corrected chi connectivity index (χ4v) is 4.72. The minimum absolute atomic E-state index is 0.0149. The van der Waals surface area contributed by atoms with Crippen LogP contribution in [0.4, 0.5) is 0 Å². The number of carbonyl (C=O) groups is 1. The first-order chi connectivity index (χ1) is 15.5. The standard InChI is InChI=1S/C23H30N2O7S/c1-23(22(28)24-29,33(2,30)31)12-14-25-13-11-17(15-21(25)27)16-3-7-19(8-4-16)32-20-9-5-18(26)6-10-20/h3-4,7-8,11,13,15,18,20,26,29H,5-6,9-10,12,14H2,1-2H3,(H,24,28). The van der Waals surface area contributed by atoms with Gasteiger partial charge in [0.15, 0.2) is 14.6 Å². The van der Waals surface area contributed by atoms with Crippen molar-refractivity contribution in [1.29, 1.82) is 0 Å². The molecule has 0 bridgehead atoms. The Hall–Kier alpha value is -2.69. The van der Waals surface area contributed by atoms with Crippen molar-refractivity contribution in [2.75, 3.05) is 6.26 Å². The Bertz CT molecular complexity index is 1140. The van der Waals surface area contributed by atoms with Crippen molar-refractivity contribution in [2.45, 2.75) is 62.5 Å². The van der Waals surface area contributed by atoms with Crippen molar-refractivity contribution in [3.8, 4) is 16.9 Å². The first kappa shape index (κ1) is 24.9. The van der Waals surface area contributed by atoms with Crippen LogP contribution in [0.5, 0.6) is 5.75 Å². The molecule has 10 heteroatoms. The first-order valence-corrected chi connectivity index (χ1v) is 12.7. The Balaban J connectivity index is 1.69. The van der Waals surface area contributed by atoms with Crippen molar-refractivity contribution in [3.63, 3.8) is 0 Å². The number of benzene rings is 1. The molecule has 1 saturated carbocycles. The van der Waals surface area contributed by atoms with Gasteiger partial charge in [0.1, 0.15) is 5.75 Å². The van der Waals surface area contributed by atoms with Gasteiger partial charge in [-0.2, -0.15) is 0 Å². The predicted octanol–water partition coefficient (Wildman–Crippen LogP) is 1.90. The quantitative estimate of drug-likeness (QED) is 0.389. The lowest BCUT2D eigenvalue weighted by molar-refractivity contribution is -0.131. The topological polar surface area (TPSA) is 135 Å². The number of nitrogens with zero attached hydrogens (tertiary/aromatic N) is 1. The highest BCUT2D eigenvalue weighted by atomic mass is 32.2. The first-order valence-electron chi connectivity index (χ1n) is 10.8. The van der Waals surface area contributed by atoms with Gasteiger partial charge in [0.2, 0.25) is 0 Å². The van der Waals surface area contributed by atoms with Gasteiger partial charge in [0.05, 0.1) is 12.2 Å². The number of sulfone groups is 1. The summed E-state index contributed by atoms with van der Waals surface area (Å²) in [6.07, 6.45) is 5.27. The van der Waals surface area contributed by atoms with E-state index in [1.807, 2.05) is 24.3 Å². The largest absolute Gasteiger partial charge is 0.490 e. The van der Waals surface area contributed by atoms with Crippen LogP contribution >= 0.6 is 0 Å². The number of hydroxylamine groups is 1. The maximum Gasteiger partial charge on any atom is 0.264 e. The normalized spacial score (nSPS) is 20.6. The summed E-state index contributed by atoms with van der Waals surface area (Å²) >= 11 is 0. The zero-order valence-electron chi connectivity index (χ0n) is 18.7. The van der Waals surface area contributed by atoms with E-state index >= 15 is 0 Å². The molecule has 0 radical (unpaired) electrons. The minimum atomic E-state index is -3.84. The number of hydrogen-bond acceptors (Lipinski definition) is 7. The number of hydrogen-bond donors (Lipinski definition) is 3. The SMILES string of the molecule is CC(CCn1ccc(-c2ccc(OC3CCC(O)CC3)cc2)cc1=O)(C(=O)NO)S(C)(=O)=O. The van der Waals surface area contributed by atoms with Gasteiger partial charge in [0.25, 0.3) is 11.5 Å². The van der Waals surface area contributed by atoms with E-state index in [2.05, 4.69) is 0 Å². The Labute approximate surface area is 192 Å². The number of aromatic nitrogens is 1. The van der Waals surface area contributed by atoms with E-state index in [4.69, 9.17) is 9.94 Å². The highest BCUT2D eigenvalue weighted by molar-refractivity contribution is 7.92. The second-order valence-corrected chi connectivity index (χ2v) is 11.2. The Kier molecular flexibility index (Phi) is 7.61. The van der Waals surface area contributed by atoms with Crippen molar-refractivity contribution in [1.82, 2.24) is 10.0 Å². The number of aliphatic hydroxyl groups excluding tert-OH is 1. The lowest BCUT2D eigenvalue weighted by Crippen LogP contribution is -2.49. The molecule has 1 aromatic carbocycles. The molecule has 3 N–H and O–H groups in total. The van der Waals surface area contributed by atoms with Gasteiger partial charge in [-0.3, -0.25) is 14.8 Å². The summed E-state index contributed by atoms with van der Waals surface area (Å²) in [5, 5.41) is 18.5. The van der Waals surface area contributed by atoms with Crippen molar-refractivity contribution in [3.05, 3.63) is 52.9 Å². The number of carbonyl (C=O) groups excluding carboxylic acids is 1. The molecule has 1 heterocycles. The van der Waals surface area contributed by atoms with Gasteiger partial charge >= 0.3 is 0 Å². The zero-order chi connectivity index (χ0) is 24.2. The maximum absolute atomic E-state index is 12.6. The van der Waals surface area contributed by atoms with Gasteiger partial charge in [-0.15, -0.1) is 0 Å². The molecule has 3 rings (SSSR count). The number of aliphatic hydroxyl groups is 1. The smallest absolute Gasteiger partial charge is 0.264 e. The highest BCUT2D eigenvalue weighted by Gasteiger charge is 2.43. The van der Waals surface area contributed by atoms with Crippen LogP contribution in [-0.2, 0) is 21.2 Å². The van der Waals surface area contributed by atoms with Gasteiger partial charge in [-0.25, -0.2) is 13.9 Å². The molecule has 1 atom stereocenters. The number of amides is 1. The van der Waals surface area contributed by atoms with Crippen LogP contribution in [0, 0.1) is 0 Å². The molecule has 0 aliphatic heterocycles. The van der Waals surface area contributed by atoms with Crippen LogP contribution in [0.25, 0.3) is 11.1 Å². The van der Waals surface area contributed by atoms with Crippen LogP contribution in [-0.4, -0.2) is 52.4 Å². The molecule has 1 amide bonds. The van der Waals surface area contributed by atoms with Crippen LogP contribution in [0.1, 0.15) is 39.0 Å². The molecule has 1 fully saturated rings.